The third-order valence-corrected chi connectivity index (χ3v) is 4.60. The highest BCUT2D eigenvalue weighted by Crippen LogP contribution is 2.23. The molecule has 0 bridgehead atoms. The van der Waals surface area contributed by atoms with Gasteiger partial charge in [0.2, 0.25) is 5.89 Å². The van der Waals surface area contributed by atoms with E-state index in [1.165, 1.54) is 25.0 Å². The molecule has 3 heterocycles. The number of piperidine rings is 1. The van der Waals surface area contributed by atoms with Crippen molar-refractivity contribution >= 4 is 0 Å². The summed E-state index contributed by atoms with van der Waals surface area (Å²) < 4.78 is 20.8. The van der Waals surface area contributed by atoms with Gasteiger partial charge in [0, 0.05) is 18.2 Å². The maximum Gasteiger partial charge on any atom is 0.226 e. The number of hydrogen-bond donors (Lipinski definition) is 0. The molecule has 0 aliphatic carbocycles. The van der Waals surface area contributed by atoms with Crippen LogP contribution in [0.1, 0.15) is 25.0 Å². The van der Waals surface area contributed by atoms with Crippen molar-refractivity contribution in [3.05, 3.63) is 54.7 Å². The van der Waals surface area contributed by atoms with E-state index in [0.717, 1.165) is 31.7 Å². The lowest BCUT2D eigenvalue weighted by molar-refractivity contribution is 0.120. The third kappa shape index (κ3) is 3.76. The molecule has 1 aromatic carbocycles. The van der Waals surface area contributed by atoms with Crippen molar-refractivity contribution in [1.29, 1.82) is 0 Å². The molecule has 0 radical (unpaired) electrons. The minimum absolute atomic E-state index is 0.291. The smallest absolute Gasteiger partial charge is 0.226 e. The van der Waals surface area contributed by atoms with Crippen molar-refractivity contribution in [3.8, 4) is 11.5 Å². The molecule has 1 fully saturated rings. The topological polar surface area (TPSA) is 60.0 Å². The molecular formula is C18H20FN5O. The Morgan fingerprint density at radius 1 is 1.28 bits per heavy atom. The fourth-order valence-corrected chi connectivity index (χ4v) is 3.36. The predicted molar refractivity (Wildman–Crippen MR) is 90.0 cm³/mol. The zero-order valence-electron chi connectivity index (χ0n) is 13.9. The van der Waals surface area contributed by atoms with Gasteiger partial charge in [-0.1, -0.05) is 12.5 Å². The third-order valence-electron chi connectivity index (χ3n) is 4.60. The lowest BCUT2D eigenvalue weighted by Crippen LogP contribution is -2.41. The molecule has 0 unspecified atom stereocenters. The Morgan fingerprint density at radius 2 is 2.24 bits per heavy atom. The molecule has 3 aromatic rings. The van der Waals surface area contributed by atoms with Gasteiger partial charge in [0.05, 0.1) is 12.2 Å². The molecule has 0 spiro atoms. The second kappa shape index (κ2) is 7.14. The minimum atomic E-state index is -0.291. The number of likely N-dealkylation sites (tertiary alicyclic amines) is 1. The van der Waals surface area contributed by atoms with Gasteiger partial charge in [-0.15, -0.1) is 0 Å². The van der Waals surface area contributed by atoms with Gasteiger partial charge in [-0.2, -0.15) is 5.10 Å². The molecule has 1 atom stereocenters. The van der Waals surface area contributed by atoms with Crippen LogP contribution >= 0.6 is 0 Å². The van der Waals surface area contributed by atoms with Crippen molar-refractivity contribution in [3.63, 3.8) is 0 Å². The van der Waals surface area contributed by atoms with E-state index in [9.17, 15) is 4.39 Å². The summed E-state index contributed by atoms with van der Waals surface area (Å²) in [5.41, 5.74) is 1.52. The number of rotatable bonds is 5. The van der Waals surface area contributed by atoms with Gasteiger partial charge in [0.1, 0.15) is 24.7 Å². The van der Waals surface area contributed by atoms with Crippen molar-refractivity contribution in [2.75, 3.05) is 6.54 Å². The van der Waals surface area contributed by atoms with Gasteiger partial charge in [-0.05, 0) is 37.6 Å². The molecule has 4 rings (SSSR count). The fraction of sp³-hybridized carbons (Fsp3) is 0.389. The van der Waals surface area contributed by atoms with E-state index in [0.29, 0.717) is 17.5 Å². The monoisotopic (exact) mass is 341 g/mol. The van der Waals surface area contributed by atoms with Crippen molar-refractivity contribution in [2.24, 2.45) is 0 Å². The molecule has 6 nitrogen and oxygen atoms in total. The fourth-order valence-electron chi connectivity index (χ4n) is 3.36. The Labute approximate surface area is 145 Å². The summed E-state index contributed by atoms with van der Waals surface area (Å²) in [4.78, 5) is 11.0. The molecule has 0 saturated carbocycles. The van der Waals surface area contributed by atoms with Gasteiger partial charge in [0.25, 0.3) is 0 Å². The summed E-state index contributed by atoms with van der Waals surface area (Å²) in [6.07, 6.45) is 8.53. The highest BCUT2D eigenvalue weighted by Gasteiger charge is 2.24. The van der Waals surface area contributed by atoms with E-state index in [2.05, 4.69) is 20.0 Å². The average molecular weight is 341 g/mol. The standard InChI is InChI=1S/C18H20FN5O/c19-15-5-3-4-14(8-15)18-22-16(11-25-18)9-23-7-2-1-6-17(23)10-24-13-20-12-21-24/h3-5,8,11-13,17H,1-2,6-7,9-10H2/t17-/m1/s1. The molecule has 2 aromatic heterocycles. The molecule has 1 aliphatic rings. The van der Waals surface area contributed by atoms with Crippen LogP contribution in [0.4, 0.5) is 4.39 Å². The SMILES string of the molecule is Fc1cccc(-c2nc(CN3CCCC[C@@H]3Cn3cncn3)co2)c1. The van der Waals surface area contributed by atoms with E-state index < -0.39 is 0 Å². The summed E-state index contributed by atoms with van der Waals surface area (Å²) in [6, 6.07) is 6.71. The van der Waals surface area contributed by atoms with Gasteiger partial charge in [0.15, 0.2) is 0 Å². The first-order valence-electron chi connectivity index (χ1n) is 8.55. The van der Waals surface area contributed by atoms with Crippen LogP contribution in [0.15, 0.2) is 47.6 Å². The largest absolute Gasteiger partial charge is 0.444 e. The average Bonchev–Trinajstić information content (AvgIpc) is 3.29. The summed E-state index contributed by atoms with van der Waals surface area (Å²) in [7, 11) is 0. The van der Waals surface area contributed by atoms with Crippen LogP contribution in [0.25, 0.3) is 11.5 Å². The lowest BCUT2D eigenvalue weighted by atomic mass is 10.0. The Morgan fingerprint density at radius 3 is 3.08 bits per heavy atom. The Bertz CT molecular complexity index is 817. The zero-order valence-corrected chi connectivity index (χ0v) is 13.9. The Hall–Kier alpha value is -2.54. The maximum absolute atomic E-state index is 13.4. The van der Waals surface area contributed by atoms with Crippen LogP contribution < -0.4 is 0 Å². The quantitative estimate of drug-likeness (QED) is 0.713. The van der Waals surface area contributed by atoms with Crippen LogP contribution in [-0.2, 0) is 13.1 Å². The van der Waals surface area contributed by atoms with E-state index in [1.54, 1.807) is 31.1 Å². The lowest BCUT2D eigenvalue weighted by Gasteiger charge is -2.34. The summed E-state index contributed by atoms with van der Waals surface area (Å²) >= 11 is 0. The molecule has 1 saturated heterocycles. The van der Waals surface area contributed by atoms with E-state index in [-0.39, 0.29) is 5.82 Å². The summed E-state index contributed by atoms with van der Waals surface area (Å²) in [5.74, 6) is 0.167. The van der Waals surface area contributed by atoms with Crippen LogP contribution in [0.2, 0.25) is 0 Å². The molecule has 1 aliphatic heterocycles. The number of benzene rings is 1. The first kappa shape index (κ1) is 16.0. The first-order valence-corrected chi connectivity index (χ1v) is 8.55. The number of oxazole rings is 1. The molecule has 25 heavy (non-hydrogen) atoms. The second-order valence-electron chi connectivity index (χ2n) is 6.39. The number of aromatic nitrogens is 4. The Kier molecular flexibility index (Phi) is 4.56. The van der Waals surface area contributed by atoms with E-state index in [4.69, 9.17) is 4.42 Å². The maximum atomic E-state index is 13.4. The van der Waals surface area contributed by atoms with Gasteiger partial charge < -0.3 is 4.42 Å². The van der Waals surface area contributed by atoms with E-state index >= 15 is 0 Å². The minimum Gasteiger partial charge on any atom is -0.444 e. The molecule has 0 amide bonds. The van der Waals surface area contributed by atoms with Crippen LogP contribution in [0.5, 0.6) is 0 Å². The Balaban J connectivity index is 1.47. The zero-order chi connectivity index (χ0) is 17.1. The van der Waals surface area contributed by atoms with Gasteiger partial charge >= 0.3 is 0 Å². The van der Waals surface area contributed by atoms with Crippen molar-refractivity contribution in [2.45, 2.75) is 38.4 Å². The van der Waals surface area contributed by atoms with Crippen molar-refractivity contribution in [1.82, 2.24) is 24.6 Å². The first-order chi connectivity index (χ1) is 12.3. The molecule has 0 N–H and O–H groups in total. The number of nitrogens with zero attached hydrogens (tertiary/aromatic N) is 5. The van der Waals surface area contributed by atoms with Crippen molar-refractivity contribution < 1.29 is 8.81 Å². The highest BCUT2D eigenvalue weighted by molar-refractivity contribution is 5.52. The number of halogens is 1. The van der Waals surface area contributed by atoms with Gasteiger partial charge in [-0.3, -0.25) is 9.58 Å². The molecule has 130 valence electrons. The molecule has 7 heteroatoms. The van der Waals surface area contributed by atoms with Crippen LogP contribution in [0, 0.1) is 5.82 Å². The normalized spacial score (nSPS) is 18.5. The summed E-state index contributed by atoms with van der Waals surface area (Å²) in [5, 5.41) is 4.21. The number of hydrogen-bond acceptors (Lipinski definition) is 5. The van der Waals surface area contributed by atoms with Gasteiger partial charge in [-0.25, -0.2) is 14.4 Å². The van der Waals surface area contributed by atoms with E-state index in [1.807, 2.05) is 4.68 Å². The highest BCUT2D eigenvalue weighted by atomic mass is 19.1. The van der Waals surface area contributed by atoms with Crippen LogP contribution in [-0.4, -0.2) is 37.2 Å². The summed E-state index contributed by atoms with van der Waals surface area (Å²) in [6.45, 7) is 2.58. The van der Waals surface area contributed by atoms with Crippen LogP contribution in [0.3, 0.4) is 0 Å². The predicted octanol–water partition coefficient (Wildman–Crippen LogP) is 3.13. The molecular weight excluding hydrogens is 321 g/mol. The second-order valence-corrected chi connectivity index (χ2v) is 6.39.